The van der Waals surface area contributed by atoms with Crippen molar-refractivity contribution in [2.75, 3.05) is 41.8 Å². The fraction of sp³-hybridized carbons (Fsp3) is 0.292. The Bertz CT molecular complexity index is 1220. The number of ether oxygens (including phenoxy) is 1. The van der Waals surface area contributed by atoms with Gasteiger partial charge in [0.1, 0.15) is 0 Å². The lowest BCUT2D eigenvalue weighted by Gasteiger charge is -2.27. The predicted octanol–water partition coefficient (Wildman–Crippen LogP) is 2.86. The molecule has 1 aromatic carbocycles. The molecule has 4 heterocycles. The Morgan fingerprint density at radius 2 is 2.00 bits per heavy atom. The lowest BCUT2D eigenvalue weighted by molar-refractivity contribution is -0.119. The van der Waals surface area contributed by atoms with Crippen LogP contribution in [0.2, 0.25) is 0 Å². The zero-order chi connectivity index (χ0) is 23.0. The van der Waals surface area contributed by atoms with Crippen molar-refractivity contribution in [3.63, 3.8) is 0 Å². The van der Waals surface area contributed by atoms with E-state index < -0.39 is 5.41 Å². The maximum absolute atomic E-state index is 13.3. The average Bonchev–Trinajstić information content (AvgIpc) is 3.07. The second-order valence-electron chi connectivity index (χ2n) is 8.57. The lowest BCUT2D eigenvalue weighted by atomic mass is 9.86. The first kappa shape index (κ1) is 21.0. The van der Waals surface area contributed by atoms with Gasteiger partial charge in [0.25, 0.3) is 5.91 Å². The maximum Gasteiger partial charge on any atom is 0.259 e. The van der Waals surface area contributed by atoms with Crippen LogP contribution in [0.5, 0.6) is 0 Å². The zero-order valence-electron chi connectivity index (χ0n) is 18.5. The molecule has 9 nitrogen and oxygen atoms in total. The number of hydrogen-bond acceptors (Lipinski definition) is 7. The van der Waals surface area contributed by atoms with E-state index >= 15 is 0 Å². The summed E-state index contributed by atoms with van der Waals surface area (Å²) in [6.07, 6.45) is 4.91. The highest BCUT2D eigenvalue weighted by Crippen LogP contribution is 2.38. The summed E-state index contributed by atoms with van der Waals surface area (Å²) in [5.74, 6) is 0.155. The van der Waals surface area contributed by atoms with E-state index in [1.54, 1.807) is 36.8 Å². The number of carbonyl (C=O) groups is 2. The molecule has 168 valence electrons. The summed E-state index contributed by atoms with van der Waals surface area (Å²) in [6.45, 7) is 6.32. The summed E-state index contributed by atoms with van der Waals surface area (Å²) in [5.41, 5.74) is 3.11. The molecular formula is C24H24N6O3. The number of amides is 2. The molecule has 5 rings (SSSR count). The summed E-state index contributed by atoms with van der Waals surface area (Å²) in [4.78, 5) is 40.9. The summed E-state index contributed by atoms with van der Waals surface area (Å²) >= 11 is 0. The van der Waals surface area contributed by atoms with Crippen LogP contribution in [0.15, 0.2) is 48.9 Å². The summed E-state index contributed by atoms with van der Waals surface area (Å²) in [7, 11) is 0. The highest BCUT2D eigenvalue weighted by atomic mass is 16.5. The number of pyridine rings is 1. The minimum absolute atomic E-state index is 0.0630. The van der Waals surface area contributed by atoms with Crippen LogP contribution in [0.1, 0.15) is 29.8 Å². The number of carbonyl (C=O) groups excluding carboxylic acids is 2. The van der Waals surface area contributed by atoms with Crippen molar-refractivity contribution in [1.29, 1.82) is 0 Å². The van der Waals surface area contributed by atoms with E-state index in [1.807, 2.05) is 30.9 Å². The van der Waals surface area contributed by atoms with E-state index in [0.29, 0.717) is 49.2 Å². The minimum Gasteiger partial charge on any atom is -0.378 e. The Labute approximate surface area is 191 Å². The molecule has 0 aliphatic carbocycles. The van der Waals surface area contributed by atoms with Crippen LogP contribution in [0, 0.1) is 0 Å². The summed E-state index contributed by atoms with van der Waals surface area (Å²) < 4.78 is 5.42. The molecule has 1 saturated heterocycles. The van der Waals surface area contributed by atoms with Gasteiger partial charge in [-0.05, 0) is 49.7 Å². The Hall–Kier alpha value is -3.85. The van der Waals surface area contributed by atoms with Gasteiger partial charge in [-0.15, -0.1) is 0 Å². The molecule has 0 bridgehead atoms. The van der Waals surface area contributed by atoms with E-state index in [9.17, 15) is 9.59 Å². The van der Waals surface area contributed by atoms with Gasteiger partial charge in [-0.2, -0.15) is 0 Å². The van der Waals surface area contributed by atoms with Crippen molar-refractivity contribution >= 4 is 29.1 Å². The molecule has 3 aromatic rings. The Balaban J connectivity index is 1.48. The summed E-state index contributed by atoms with van der Waals surface area (Å²) in [6, 6.07) is 9.07. The van der Waals surface area contributed by atoms with Gasteiger partial charge in [0, 0.05) is 48.6 Å². The van der Waals surface area contributed by atoms with Gasteiger partial charge in [0.05, 0.1) is 29.9 Å². The smallest absolute Gasteiger partial charge is 0.259 e. The number of nitrogens with zero attached hydrogens (tertiary/aromatic N) is 4. The van der Waals surface area contributed by atoms with E-state index in [4.69, 9.17) is 9.72 Å². The van der Waals surface area contributed by atoms with Crippen LogP contribution in [0.3, 0.4) is 0 Å². The third-order valence-electron chi connectivity index (χ3n) is 6.02. The van der Waals surface area contributed by atoms with Crippen LogP contribution in [-0.2, 0) is 14.9 Å². The molecule has 2 aromatic heterocycles. The Kier molecular flexibility index (Phi) is 5.26. The molecular weight excluding hydrogens is 420 g/mol. The van der Waals surface area contributed by atoms with Gasteiger partial charge in [-0.1, -0.05) is 0 Å². The van der Waals surface area contributed by atoms with Gasteiger partial charge >= 0.3 is 0 Å². The molecule has 0 unspecified atom stereocenters. The van der Waals surface area contributed by atoms with Gasteiger partial charge < -0.3 is 20.3 Å². The van der Waals surface area contributed by atoms with E-state index in [2.05, 4.69) is 20.6 Å². The topological polar surface area (TPSA) is 109 Å². The van der Waals surface area contributed by atoms with E-state index in [1.165, 1.54) is 0 Å². The normalized spacial score (nSPS) is 16.8. The van der Waals surface area contributed by atoms with Gasteiger partial charge in [-0.3, -0.25) is 14.6 Å². The SMILES string of the molecule is CC1(C)C(=O)Nc2ccc(NC(=O)c3cnc(N4CCOCC4)nc3-c3cccnc3)cc21. The standard InChI is InChI=1S/C24H24N6O3/c1-24(2)18-12-16(5-6-19(18)28-22(24)32)27-21(31)17-14-26-23(30-8-10-33-11-9-30)29-20(17)15-4-3-7-25-13-15/h3-7,12-14H,8-11H2,1-2H3,(H,27,31)(H,28,32). The number of benzene rings is 1. The molecule has 33 heavy (non-hydrogen) atoms. The molecule has 0 radical (unpaired) electrons. The predicted molar refractivity (Wildman–Crippen MR) is 124 cm³/mol. The fourth-order valence-electron chi connectivity index (χ4n) is 4.02. The first-order valence-electron chi connectivity index (χ1n) is 10.8. The molecule has 2 amide bonds. The third kappa shape index (κ3) is 3.91. The average molecular weight is 444 g/mol. The number of anilines is 3. The number of rotatable bonds is 4. The highest BCUT2D eigenvalue weighted by molar-refractivity contribution is 6.09. The number of aromatic nitrogens is 3. The minimum atomic E-state index is -0.667. The molecule has 2 N–H and O–H groups in total. The van der Waals surface area contributed by atoms with Crippen molar-refractivity contribution in [2.45, 2.75) is 19.3 Å². The second kappa shape index (κ2) is 8.25. The van der Waals surface area contributed by atoms with Crippen molar-refractivity contribution < 1.29 is 14.3 Å². The van der Waals surface area contributed by atoms with Gasteiger partial charge in [0.15, 0.2) is 0 Å². The Morgan fingerprint density at radius 3 is 2.76 bits per heavy atom. The van der Waals surface area contributed by atoms with Crippen LogP contribution >= 0.6 is 0 Å². The molecule has 2 aliphatic rings. The van der Waals surface area contributed by atoms with E-state index in [-0.39, 0.29) is 11.8 Å². The highest BCUT2D eigenvalue weighted by Gasteiger charge is 2.38. The molecule has 2 aliphatic heterocycles. The van der Waals surface area contributed by atoms with Crippen molar-refractivity contribution in [1.82, 2.24) is 15.0 Å². The van der Waals surface area contributed by atoms with Gasteiger partial charge in [0.2, 0.25) is 11.9 Å². The number of nitrogens with one attached hydrogen (secondary N) is 2. The monoisotopic (exact) mass is 444 g/mol. The number of hydrogen-bond donors (Lipinski definition) is 2. The fourth-order valence-corrected chi connectivity index (χ4v) is 4.02. The van der Waals surface area contributed by atoms with E-state index in [0.717, 1.165) is 16.8 Å². The van der Waals surface area contributed by atoms with Crippen LogP contribution in [0.25, 0.3) is 11.3 Å². The van der Waals surface area contributed by atoms with Crippen molar-refractivity contribution in [2.24, 2.45) is 0 Å². The number of fused-ring (bicyclic) bond motifs is 1. The quantitative estimate of drug-likeness (QED) is 0.637. The zero-order valence-corrected chi connectivity index (χ0v) is 18.5. The first-order chi connectivity index (χ1) is 15.9. The lowest BCUT2D eigenvalue weighted by Crippen LogP contribution is -2.37. The molecule has 9 heteroatoms. The molecule has 1 fully saturated rings. The third-order valence-corrected chi connectivity index (χ3v) is 6.02. The maximum atomic E-state index is 13.3. The summed E-state index contributed by atoms with van der Waals surface area (Å²) in [5, 5.41) is 5.81. The first-order valence-corrected chi connectivity index (χ1v) is 10.8. The number of morpholine rings is 1. The van der Waals surface area contributed by atoms with Crippen molar-refractivity contribution in [3.8, 4) is 11.3 Å². The second-order valence-corrected chi connectivity index (χ2v) is 8.57. The van der Waals surface area contributed by atoms with Crippen LogP contribution in [-0.4, -0.2) is 53.1 Å². The van der Waals surface area contributed by atoms with Gasteiger partial charge in [-0.25, -0.2) is 9.97 Å². The molecule has 0 spiro atoms. The largest absolute Gasteiger partial charge is 0.378 e. The van der Waals surface area contributed by atoms with Crippen molar-refractivity contribution in [3.05, 3.63) is 60.0 Å². The van der Waals surface area contributed by atoms with Crippen LogP contribution < -0.4 is 15.5 Å². The van der Waals surface area contributed by atoms with Crippen LogP contribution in [0.4, 0.5) is 17.3 Å². The molecule has 0 saturated carbocycles. The molecule has 0 atom stereocenters. The Morgan fingerprint density at radius 1 is 1.18 bits per heavy atom.